The topological polar surface area (TPSA) is 16.4 Å². The summed E-state index contributed by atoms with van der Waals surface area (Å²) in [4.78, 5) is 2.35. The Balaban J connectivity index is 1.09. The smallest absolute Gasteiger partial charge is 0.159 e. The second kappa shape index (κ2) is 13.4. The Labute approximate surface area is 314 Å². The summed E-state index contributed by atoms with van der Waals surface area (Å²) >= 11 is 0. The molecular weight excluding hydrogens is 655 g/mol. The van der Waals surface area contributed by atoms with Crippen molar-refractivity contribution in [1.82, 2.24) is 0 Å². The van der Waals surface area contributed by atoms with E-state index in [-0.39, 0.29) is 0 Å². The van der Waals surface area contributed by atoms with Crippen LogP contribution in [0.3, 0.4) is 0 Å². The van der Waals surface area contributed by atoms with Gasteiger partial charge in [-0.05, 0) is 92.2 Å². The van der Waals surface area contributed by atoms with Gasteiger partial charge in [-0.1, -0.05) is 170 Å². The number of benzene rings is 9. The highest BCUT2D eigenvalue weighted by molar-refractivity contribution is 6.10. The van der Waals surface area contributed by atoms with Gasteiger partial charge in [-0.2, -0.15) is 0 Å². The van der Waals surface area contributed by atoms with Gasteiger partial charge in [-0.25, -0.2) is 0 Å². The number of furan rings is 1. The van der Waals surface area contributed by atoms with E-state index in [2.05, 4.69) is 205 Å². The van der Waals surface area contributed by atoms with Gasteiger partial charge in [-0.15, -0.1) is 0 Å². The molecule has 9 aromatic carbocycles. The summed E-state index contributed by atoms with van der Waals surface area (Å²) in [5.41, 5.74) is 14.3. The molecule has 0 bridgehead atoms. The van der Waals surface area contributed by atoms with Crippen molar-refractivity contribution >= 4 is 49.8 Å². The average Bonchev–Trinajstić information content (AvgIpc) is 3.64. The monoisotopic (exact) mass is 689 g/mol. The van der Waals surface area contributed by atoms with Crippen molar-refractivity contribution in [3.8, 4) is 44.5 Å². The summed E-state index contributed by atoms with van der Waals surface area (Å²) < 4.78 is 6.65. The maximum Gasteiger partial charge on any atom is 0.159 e. The first-order valence-electron chi connectivity index (χ1n) is 18.4. The average molecular weight is 690 g/mol. The molecule has 0 fully saturated rings. The van der Waals surface area contributed by atoms with Gasteiger partial charge in [0.05, 0.1) is 11.4 Å². The van der Waals surface area contributed by atoms with Gasteiger partial charge in [0.2, 0.25) is 0 Å². The van der Waals surface area contributed by atoms with Crippen molar-refractivity contribution in [3.63, 3.8) is 0 Å². The quantitative estimate of drug-likeness (QED) is 0.166. The summed E-state index contributed by atoms with van der Waals surface area (Å²) in [6.07, 6.45) is 0. The molecule has 0 aliphatic carbocycles. The zero-order chi connectivity index (χ0) is 35.8. The van der Waals surface area contributed by atoms with Crippen LogP contribution in [0.15, 0.2) is 217 Å². The third-order valence-corrected chi connectivity index (χ3v) is 10.5. The maximum atomic E-state index is 6.65. The first kappa shape index (κ1) is 31.6. The molecule has 0 radical (unpaired) electrons. The molecule has 0 aliphatic heterocycles. The Kier molecular flexibility index (Phi) is 7.85. The van der Waals surface area contributed by atoms with E-state index in [1.54, 1.807) is 0 Å². The highest BCUT2D eigenvalue weighted by Gasteiger charge is 2.22. The minimum atomic E-state index is 0.861. The molecule has 0 atom stereocenters. The highest BCUT2D eigenvalue weighted by Crippen LogP contribution is 2.45. The van der Waals surface area contributed by atoms with E-state index in [0.717, 1.165) is 55.7 Å². The molecule has 1 heterocycles. The van der Waals surface area contributed by atoms with E-state index in [1.807, 2.05) is 12.1 Å². The number of fused-ring (bicyclic) bond motifs is 4. The number of hydrogen-bond donors (Lipinski definition) is 0. The normalized spacial score (nSPS) is 11.3. The lowest BCUT2D eigenvalue weighted by Gasteiger charge is -2.28. The number of hydrogen-bond acceptors (Lipinski definition) is 2. The van der Waals surface area contributed by atoms with Gasteiger partial charge in [0.25, 0.3) is 0 Å². The molecular formula is C52H35NO. The standard InChI is InChI=1S/C52H35NO/c1-2-12-36(13-3-1)38-24-27-40(28-25-38)46-18-6-8-21-49(46)53(50-22-11-20-48-47-19-7-9-23-51(47)54-52(48)50)45-32-30-39(31-33-45)42-16-10-17-43(34-42)44-29-26-37-14-4-5-15-41(37)35-44/h1-35H. The van der Waals surface area contributed by atoms with E-state index in [4.69, 9.17) is 4.42 Å². The molecule has 0 spiro atoms. The van der Waals surface area contributed by atoms with Crippen LogP contribution in [0.1, 0.15) is 0 Å². The number of nitrogens with zero attached hydrogens (tertiary/aromatic N) is 1. The third kappa shape index (κ3) is 5.71. The largest absolute Gasteiger partial charge is 0.454 e. The predicted octanol–water partition coefficient (Wildman–Crippen LogP) is 14.9. The fourth-order valence-electron chi connectivity index (χ4n) is 7.75. The van der Waals surface area contributed by atoms with Gasteiger partial charge >= 0.3 is 0 Å². The fraction of sp³-hybridized carbons (Fsp3) is 0. The van der Waals surface area contributed by atoms with E-state index < -0.39 is 0 Å². The molecule has 0 saturated heterocycles. The lowest BCUT2D eigenvalue weighted by Crippen LogP contribution is -2.11. The zero-order valence-corrected chi connectivity index (χ0v) is 29.6. The van der Waals surface area contributed by atoms with Crippen LogP contribution in [0.2, 0.25) is 0 Å². The number of rotatable bonds is 7. The Bertz CT molecular complexity index is 2920. The van der Waals surface area contributed by atoms with Crippen LogP contribution >= 0.6 is 0 Å². The Hall–Kier alpha value is -7.16. The van der Waals surface area contributed by atoms with Crippen LogP contribution in [-0.4, -0.2) is 0 Å². The third-order valence-electron chi connectivity index (χ3n) is 10.5. The van der Waals surface area contributed by atoms with Crippen LogP contribution in [-0.2, 0) is 0 Å². The van der Waals surface area contributed by atoms with Crippen molar-refractivity contribution < 1.29 is 4.42 Å². The van der Waals surface area contributed by atoms with Crippen LogP contribution in [0.25, 0.3) is 77.2 Å². The van der Waals surface area contributed by atoms with Crippen LogP contribution in [0, 0.1) is 0 Å². The summed E-state index contributed by atoms with van der Waals surface area (Å²) in [7, 11) is 0. The zero-order valence-electron chi connectivity index (χ0n) is 29.6. The van der Waals surface area contributed by atoms with Crippen molar-refractivity contribution in [3.05, 3.63) is 212 Å². The molecule has 1 aromatic heterocycles. The van der Waals surface area contributed by atoms with E-state index >= 15 is 0 Å². The van der Waals surface area contributed by atoms with E-state index in [1.165, 1.54) is 38.6 Å². The number of anilines is 3. The van der Waals surface area contributed by atoms with Gasteiger partial charge in [0, 0.05) is 22.0 Å². The van der Waals surface area contributed by atoms with Crippen molar-refractivity contribution in [2.75, 3.05) is 4.90 Å². The molecule has 254 valence electrons. The molecule has 0 unspecified atom stereocenters. The van der Waals surface area contributed by atoms with Crippen LogP contribution in [0.4, 0.5) is 17.1 Å². The summed E-state index contributed by atoms with van der Waals surface area (Å²) in [5, 5.41) is 4.71. The first-order chi connectivity index (χ1) is 26.8. The molecule has 54 heavy (non-hydrogen) atoms. The Morgan fingerprint density at radius 3 is 1.70 bits per heavy atom. The summed E-state index contributed by atoms with van der Waals surface area (Å²) in [5.74, 6) is 0. The second-order valence-electron chi connectivity index (χ2n) is 13.7. The lowest BCUT2D eigenvalue weighted by atomic mass is 9.96. The second-order valence-corrected chi connectivity index (χ2v) is 13.7. The predicted molar refractivity (Wildman–Crippen MR) is 228 cm³/mol. The minimum absolute atomic E-state index is 0.861. The van der Waals surface area contributed by atoms with Gasteiger partial charge < -0.3 is 9.32 Å². The first-order valence-corrected chi connectivity index (χ1v) is 18.4. The van der Waals surface area contributed by atoms with Gasteiger partial charge in [0.15, 0.2) is 5.58 Å². The molecule has 0 amide bonds. The lowest BCUT2D eigenvalue weighted by molar-refractivity contribution is 0.669. The van der Waals surface area contributed by atoms with E-state index in [9.17, 15) is 0 Å². The van der Waals surface area contributed by atoms with Crippen LogP contribution in [0.5, 0.6) is 0 Å². The van der Waals surface area contributed by atoms with Crippen LogP contribution < -0.4 is 4.90 Å². The Morgan fingerprint density at radius 1 is 0.315 bits per heavy atom. The number of para-hydroxylation sites is 3. The molecule has 0 N–H and O–H groups in total. The maximum absolute atomic E-state index is 6.65. The minimum Gasteiger partial charge on any atom is -0.454 e. The molecule has 10 aromatic rings. The van der Waals surface area contributed by atoms with Gasteiger partial charge in [0.1, 0.15) is 5.58 Å². The van der Waals surface area contributed by atoms with Gasteiger partial charge in [-0.3, -0.25) is 0 Å². The van der Waals surface area contributed by atoms with E-state index in [0.29, 0.717) is 0 Å². The van der Waals surface area contributed by atoms with Crippen molar-refractivity contribution in [2.24, 2.45) is 0 Å². The highest BCUT2D eigenvalue weighted by atomic mass is 16.3. The molecule has 2 nitrogen and oxygen atoms in total. The van der Waals surface area contributed by atoms with Crippen molar-refractivity contribution in [2.45, 2.75) is 0 Å². The van der Waals surface area contributed by atoms with Crippen molar-refractivity contribution in [1.29, 1.82) is 0 Å². The molecule has 2 heteroatoms. The fourth-order valence-corrected chi connectivity index (χ4v) is 7.75. The molecule has 0 saturated carbocycles. The SMILES string of the molecule is c1ccc(-c2ccc(-c3ccccc3N(c3ccc(-c4cccc(-c5ccc6ccccc6c5)c4)cc3)c3cccc4c3oc3ccccc34)cc2)cc1. The summed E-state index contributed by atoms with van der Waals surface area (Å²) in [6.45, 7) is 0. The molecule has 10 rings (SSSR count). The Morgan fingerprint density at radius 2 is 0.852 bits per heavy atom. The molecule has 0 aliphatic rings. The summed E-state index contributed by atoms with van der Waals surface area (Å²) in [6, 6.07) is 75.8.